The highest BCUT2D eigenvalue weighted by Crippen LogP contribution is 2.21. The third kappa shape index (κ3) is 4.17. The standard InChI is InChI=1S/C20H14F3N3O2/c1-11(27)12-2-4-14(5-3-12)25-15-8-13(9-24-10-15)20(28)26-17-7-6-16(21)18(22)19(17)23/h2-10,25H,1H3,(H,26,28). The van der Waals surface area contributed by atoms with Gasteiger partial charge in [-0.1, -0.05) is 0 Å². The monoisotopic (exact) mass is 385 g/mol. The number of anilines is 3. The summed E-state index contributed by atoms with van der Waals surface area (Å²) in [6.45, 7) is 1.46. The summed E-state index contributed by atoms with van der Waals surface area (Å²) in [6, 6.07) is 9.80. The van der Waals surface area contributed by atoms with Gasteiger partial charge in [-0.05, 0) is 49.4 Å². The summed E-state index contributed by atoms with van der Waals surface area (Å²) in [6.07, 6.45) is 2.71. The van der Waals surface area contributed by atoms with Gasteiger partial charge in [-0.25, -0.2) is 13.2 Å². The maximum atomic E-state index is 13.7. The van der Waals surface area contributed by atoms with Crippen LogP contribution in [0.3, 0.4) is 0 Å². The van der Waals surface area contributed by atoms with E-state index in [4.69, 9.17) is 0 Å². The summed E-state index contributed by atoms with van der Waals surface area (Å²) in [4.78, 5) is 27.5. The topological polar surface area (TPSA) is 71.1 Å². The highest BCUT2D eigenvalue weighted by Gasteiger charge is 2.16. The van der Waals surface area contributed by atoms with Crippen molar-refractivity contribution in [1.29, 1.82) is 0 Å². The number of carbonyl (C=O) groups is 2. The van der Waals surface area contributed by atoms with Crippen LogP contribution < -0.4 is 10.6 Å². The van der Waals surface area contributed by atoms with E-state index in [9.17, 15) is 22.8 Å². The molecule has 1 amide bonds. The molecule has 0 fully saturated rings. The Balaban J connectivity index is 1.76. The van der Waals surface area contributed by atoms with Crippen molar-refractivity contribution in [3.05, 3.63) is 83.4 Å². The largest absolute Gasteiger partial charge is 0.354 e. The fraction of sp³-hybridized carbons (Fsp3) is 0.0500. The highest BCUT2D eigenvalue weighted by molar-refractivity contribution is 6.04. The van der Waals surface area contributed by atoms with Crippen LogP contribution in [-0.2, 0) is 0 Å². The smallest absolute Gasteiger partial charge is 0.257 e. The first-order valence-electron chi connectivity index (χ1n) is 8.13. The SMILES string of the molecule is CC(=O)c1ccc(Nc2cncc(C(=O)Nc3ccc(F)c(F)c3F)c2)cc1. The molecule has 1 heterocycles. The molecule has 0 aliphatic rings. The molecular weight excluding hydrogens is 371 g/mol. The molecule has 2 aromatic carbocycles. The van der Waals surface area contributed by atoms with Crippen molar-refractivity contribution in [3.8, 4) is 0 Å². The Morgan fingerprint density at radius 1 is 0.857 bits per heavy atom. The Kier molecular flexibility index (Phi) is 5.39. The Labute approximate surface area is 158 Å². The summed E-state index contributed by atoms with van der Waals surface area (Å²) < 4.78 is 40.0. The summed E-state index contributed by atoms with van der Waals surface area (Å²) in [5.74, 6) is -5.30. The van der Waals surface area contributed by atoms with E-state index in [1.54, 1.807) is 24.3 Å². The number of halogens is 3. The zero-order chi connectivity index (χ0) is 20.3. The van der Waals surface area contributed by atoms with E-state index in [0.717, 1.165) is 12.1 Å². The minimum atomic E-state index is -1.67. The molecule has 0 radical (unpaired) electrons. The van der Waals surface area contributed by atoms with E-state index < -0.39 is 29.0 Å². The van der Waals surface area contributed by atoms with Gasteiger partial charge >= 0.3 is 0 Å². The summed E-state index contributed by atoms with van der Waals surface area (Å²) in [5.41, 5.74) is 1.28. The molecule has 8 heteroatoms. The van der Waals surface area contributed by atoms with E-state index in [1.165, 1.54) is 25.4 Å². The number of amides is 1. The van der Waals surface area contributed by atoms with Crippen LogP contribution in [0, 0.1) is 17.5 Å². The number of carbonyl (C=O) groups excluding carboxylic acids is 2. The van der Waals surface area contributed by atoms with Crippen LogP contribution in [-0.4, -0.2) is 16.7 Å². The summed E-state index contributed by atoms with van der Waals surface area (Å²) in [5, 5.41) is 5.20. The molecule has 2 N–H and O–H groups in total. The zero-order valence-corrected chi connectivity index (χ0v) is 14.6. The molecule has 0 atom stereocenters. The van der Waals surface area contributed by atoms with Crippen molar-refractivity contribution in [2.24, 2.45) is 0 Å². The van der Waals surface area contributed by atoms with Gasteiger partial charge in [-0.15, -0.1) is 0 Å². The lowest BCUT2D eigenvalue weighted by atomic mass is 10.1. The number of aromatic nitrogens is 1. The van der Waals surface area contributed by atoms with Crippen LogP contribution >= 0.6 is 0 Å². The van der Waals surface area contributed by atoms with Gasteiger partial charge < -0.3 is 10.6 Å². The van der Waals surface area contributed by atoms with Crippen molar-refractivity contribution < 1.29 is 22.8 Å². The van der Waals surface area contributed by atoms with Crippen LogP contribution in [0.1, 0.15) is 27.6 Å². The van der Waals surface area contributed by atoms with E-state index in [0.29, 0.717) is 16.9 Å². The molecule has 3 aromatic rings. The number of hydrogen-bond acceptors (Lipinski definition) is 4. The molecule has 0 spiro atoms. The highest BCUT2D eigenvalue weighted by atomic mass is 19.2. The summed E-state index contributed by atoms with van der Waals surface area (Å²) in [7, 11) is 0. The maximum absolute atomic E-state index is 13.7. The lowest BCUT2D eigenvalue weighted by Crippen LogP contribution is -2.14. The predicted octanol–water partition coefficient (Wildman–Crippen LogP) is 4.70. The Bertz CT molecular complexity index is 1050. The van der Waals surface area contributed by atoms with Crippen LogP contribution in [0.2, 0.25) is 0 Å². The second-order valence-corrected chi connectivity index (χ2v) is 5.90. The van der Waals surface area contributed by atoms with Gasteiger partial charge in [0.1, 0.15) is 0 Å². The Morgan fingerprint density at radius 2 is 1.57 bits per heavy atom. The third-order valence-corrected chi connectivity index (χ3v) is 3.86. The van der Waals surface area contributed by atoms with Crippen molar-refractivity contribution in [2.45, 2.75) is 6.92 Å². The average molecular weight is 385 g/mol. The first-order chi connectivity index (χ1) is 13.3. The normalized spacial score (nSPS) is 10.4. The quantitative estimate of drug-likeness (QED) is 0.493. The van der Waals surface area contributed by atoms with Gasteiger partial charge in [0, 0.05) is 17.4 Å². The van der Waals surface area contributed by atoms with Gasteiger partial charge in [0.2, 0.25) is 0 Å². The molecular formula is C20H14F3N3O2. The number of Topliss-reactive ketones (excluding diaryl/α,β-unsaturated/α-hetero) is 1. The van der Waals surface area contributed by atoms with Crippen LogP contribution in [0.5, 0.6) is 0 Å². The molecule has 0 saturated carbocycles. The minimum absolute atomic E-state index is 0.0589. The Hall–Kier alpha value is -3.68. The number of rotatable bonds is 5. The van der Waals surface area contributed by atoms with Gasteiger partial charge in [0.15, 0.2) is 23.2 Å². The average Bonchev–Trinajstić information content (AvgIpc) is 2.69. The first kappa shape index (κ1) is 19.1. The molecule has 0 aliphatic heterocycles. The van der Waals surface area contributed by atoms with Crippen LogP contribution in [0.15, 0.2) is 54.9 Å². The lowest BCUT2D eigenvalue weighted by Gasteiger charge is -2.10. The molecule has 142 valence electrons. The molecule has 0 unspecified atom stereocenters. The maximum Gasteiger partial charge on any atom is 0.257 e. The van der Waals surface area contributed by atoms with Gasteiger partial charge in [-0.3, -0.25) is 14.6 Å². The van der Waals surface area contributed by atoms with E-state index in [-0.39, 0.29) is 11.3 Å². The van der Waals surface area contributed by atoms with E-state index >= 15 is 0 Å². The first-order valence-corrected chi connectivity index (χ1v) is 8.13. The van der Waals surface area contributed by atoms with Crippen LogP contribution in [0.25, 0.3) is 0 Å². The Morgan fingerprint density at radius 3 is 2.25 bits per heavy atom. The molecule has 0 saturated heterocycles. The summed E-state index contributed by atoms with van der Waals surface area (Å²) >= 11 is 0. The fourth-order valence-corrected chi connectivity index (χ4v) is 2.40. The second kappa shape index (κ2) is 7.91. The molecule has 0 bridgehead atoms. The second-order valence-electron chi connectivity index (χ2n) is 5.90. The number of benzene rings is 2. The number of nitrogens with one attached hydrogen (secondary N) is 2. The lowest BCUT2D eigenvalue weighted by molar-refractivity contribution is 0.101. The molecule has 1 aromatic heterocycles. The van der Waals surface area contributed by atoms with Crippen molar-refractivity contribution in [1.82, 2.24) is 4.98 Å². The number of ketones is 1. The van der Waals surface area contributed by atoms with Crippen molar-refractivity contribution >= 4 is 28.8 Å². The predicted molar refractivity (Wildman–Crippen MR) is 98.2 cm³/mol. The van der Waals surface area contributed by atoms with Crippen molar-refractivity contribution in [3.63, 3.8) is 0 Å². The third-order valence-electron chi connectivity index (χ3n) is 3.86. The van der Waals surface area contributed by atoms with E-state index in [1.807, 2.05) is 0 Å². The molecule has 0 aliphatic carbocycles. The molecule has 5 nitrogen and oxygen atoms in total. The molecule has 3 rings (SSSR count). The fourth-order valence-electron chi connectivity index (χ4n) is 2.40. The molecule has 28 heavy (non-hydrogen) atoms. The number of hydrogen-bond donors (Lipinski definition) is 2. The van der Waals surface area contributed by atoms with Gasteiger partial charge in [0.05, 0.1) is 23.1 Å². The number of nitrogens with zero attached hydrogens (tertiary/aromatic N) is 1. The van der Waals surface area contributed by atoms with Gasteiger partial charge in [0.25, 0.3) is 5.91 Å². The zero-order valence-electron chi connectivity index (χ0n) is 14.6. The van der Waals surface area contributed by atoms with Gasteiger partial charge in [-0.2, -0.15) is 0 Å². The van der Waals surface area contributed by atoms with Crippen molar-refractivity contribution in [2.75, 3.05) is 10.6 Å². The van der Waals surface area contributed by atoms with E-state index in [2.05, 4.69) is 15.6 Å². The number of pyridine rings is 1. The van der Waals surface area contributed by atoms with Crippen LogP contribution in [0.4, 0.5) is 30.2 Å². The minimum Gasteiger partial charge on any atom is -0.354 e.